The highest BCUT2D eigenvalue weighted by molar-refractivity contribution is 7.98. The summed E-state index contributed by atoms with van der Waals surface area (Å²) in [6.07, 6.45) is 4.13. The number of pyridine rings is 1. The average Bonchev–Trinajstić information content (AvgIpc) is 3.02. The molecule has 0 saturated carbocycles. The van der Waals surface area contributed by atoms with Gasteiger partial charge in [0.15, 0.2) is 0 Å². The second kappa shape index (κ2) is 6.65. The fourth-order valence-corrected chi connectivity index (χ4v) is 3.25. The van der Waals surface area contributed by atoms with Crippen LogP contribution in [-0.4, -0.2) is 15.6 Å². The van der Waals surface area contributed by atoms with E-state index in [1.165, 1.54) is 10.5 Å². The van der Waals surface area contributed by atoms with Crippen LogP contribution in [0.5, 0.6) is 0 Å². The molecule has 124 valence electrons. The van der Waals surface area contributed by atoms with Gasteiger partial charge in [0.1, 0.15) is 17.2 Å². The number of imidazole rings is 1. The predicted octanol–water partition coefficient (Wildman–Crippen LogP) is 5.78. The first-order valence-electron chi connectivity index (χ1n) is 8.20. The monoisotopic (exact) mass is 345 g/mol. The molecule has 1 N–H and O–H groups in total. The molecule has 3 nitrogen and oxygen atoms in total. The van der Waals surface area contributed by atoms with Crippen LogP contribution in [0, 0.1) is 6.92 Å². The minimum absolute atomic E-state index is 0.932. The number of benzene rings is 2. The average molecular weight is 345 g/mol. The van der Waals surface area contributed by atoms with E-state index in [1.54, 1.807) is 11.8 Å². The Bertz CT molecular complexity index is 1000. The van der Waals surface area contributed by atoms with Crippen molar-refractivity contribution in [1.82, 2.24) is 9.38 Å². The summed E-state index contributed by atoms with van der Waals surface area (Å²) in [4.78, 5) is 6.10. The van der Waals surface area contributed by atoms with Crippen LogP contribution in [-0.2, 0) is 0 Å². The quantitative estimate of drug-likeness (QED) is 0.476. The minimum Gasteiger partial charge on any atom is -0.339 e. The van der Waals surface area contributed by atoms with Gasteiger partial charge in [0.05, 0.1) is 0 Å². The van der Waals surface area contributed by atoms with Crippen molar-refractivity contribution in [2.75, 3.05) is 11.6 Å². The summed E-state index contributed by atoms with van der Waals surface area (Å²) in [5.41, 5.74) is 5.30. The zero-order valence-corrected chi connectivity index (χ0v) is 15.0. The smallest absolute Gasteiger partial charge is 0.143 e. The Morgan fingerprint density at radius 2 is 1.68 bits per heavy atom. The van der Waals surface area contributed by atoms with E-state index in [1.807, 2.05) is 24.4 Å². The maximum absolute atomic E-state index is 4.85. The van der Waals surface area contributed by atoms with Crippen LogP contribution in [0.1, 0.15) is 5.56 Å². The van der Waals surface area contributed by atoms with Gasteiger partial charge in [-0.25, -0.2) is 4.98 Å². The maximum Gasteiger partial charge on any atom is 0.143 e. The zero-order valence-electron chi connectivity index (χ0n) is 14.2. The molecule has 4 heteroatoms. The number of anilines is 2. The van der Waals surface area contributed by atoms with E-state index in [0.717, 1.165) is 28.4 Å². The lowest BCUT2D eigenvalue weighted by Gasteiger charge is -2.09. The third-order valence-corrected chi connectivity index (χ3v) is 4.95. The molecule has 4 rings (SSSR count). The van der Waals surface area contributed by atoms with Crippen LogP contribution in [0.2, 0.25) is 0 Å². The first kappa shape index (κ1) is 15.8. The number of fused-ring (bicyclic) bond motifs is 1. The molecule has 0 amide bonds. The lowest BCUT2D eigenvalue weighted by atomic mass is 10.1. The normalized spacial score (nSPS) is 11.0. The third-order valence-electron chi connectivity index (χ3n) is 4.21. The number of aromatic nitrogens is 2. The molecule has 0 aliphatic heterocycles. The van der Waals surface area contributed by atoms with Gasteiger partial charge >= 0.3 is 0 Å². The second-order valence-electron chi connectivity index (χ2n) is 5.96. The standard InChI is InChI=1S/C21H19N3S/c1-15-6-10-17(11-7-15)22-21-20(16-8-12-18(25-2)13-9-16)23-19-5-3-4-14-24(19)21/h3-14,22H,1-2H3. The molecule has 25 heavy (non-hydrogen) atoms. The van der Waals surface area contributed by atoms with Gasteiger partial charge in [-0.3, -0.25) is 4.40 Å². The summed E-state index contributed by atoms with van der Waals surface area (Å²) in [5, 5.41) is 3.55. The van der Waals surface area contributed by atoms with Crippen LogP contribution in [0.15, 0.2) is 77.8 Å². The maximum atomic E-state index is 4.85. The molecule has 2 heterocycles. The Balaban J connectivity index is 1.83. The predicted molar refractivity (Wildman–Crippen MR) is 107 cm³/mol. The molecule has 0 saturated heterocycles. The van der Waals surface area contributed by atoms with E-state index in [2.05, 4.69) is 71.4 Å². The fourth-order valence-electron chi connectivity index (χ4n) is 2.84. The summed E-state index contributed by atoms with van der Waals surface area (Å²) < 4.78 is 2.09. The molecule has 2 aromatic carbocycles. The molecule has 2 aromatic heterocycles. The minimum atomic E-state index is 0.932. The van der Waals surface area contributed by atoms with E-state index in [9.17, 15) is 0 Å². The van der Waals surface area contributed by atoms with Gasteiger partial charge in [-0.2, -0.15) is 0 Å². The number of aryl methyl sites for hydroxylation is 1. The summed E-state index contributed by atoms with van der Waals surface area (Å²) >= 11 is 1.74. The highest BCUT2D eigenvalue weighted by Crippen LogP contribution is 2.32. The third kappa shape index (κ3) is 3.13. The van der Waals surface area contributed by atoms with Crippen molar-refractivity contribution >= 4 is 28.9 Å². The molecule has 0 radical (unpaired) electrons. The zero-order chi connectivity index (χ0) is 17.2. The van der Waals surface area contributed by atoms with Crippen LogP contribution in [0.25, 0.3) is 16.9 Å². The van der Waals surface area contributed by atoms with Crippen molar-refractivity contribution in [1.29, 1.82) is 0 Å². The number of thioether (sulfide) groups is 1. The van der Waals surface area contributed by atoms with Gasteiger partial charge in [0.2, 0.25) is 0 Å². The SMILES string of the molecule is CSc1ccc(-c2nc3ccccn3c2Nc2ccc(C)cc2)cc1. The fraction of sp³-hybridized carbons (Fsp3) is 0.0952. The van der Waals surface area contributed by atoms with Gasteiger partial charge in [-0.1, -0.05) is 35.9 Å². The number of hydrogen-bond acceptors (Lipinski definition) is 3. The lowest BCUT2D eigenvalue weighted by Crippen LogP contribution is -1.96. The lowest BCUT2D eigenvalue weighted by molar-refractivity contribution is 1.18. The molecular formula is C21H19N3S. The summed E-state index contributed by atoms with van der Waals surface area (Å²) in [6, 6.07) is 23.0. The first-order valence-corrected chi connectivity index (χ1v) is 9.42. The van der Waals surface area contributed by atoms with Crippen molar-refractivity contribution in [3.63, 3.8) is 0 Å². The topological polar surface area (TPSA) is 29.3 Å². The van der Waals surface area contributed by atoms with Gasteiger partial charge in [-0.15, -0.1) is 11.8 Å². The molecule has 0 fully saturated rings. The highest BCUT2D eigenvalue weighted by atomic mass is 32.2. The highest BCUT2D eigenvalue weighted by Gasteiger charge is 2.14. The van der Waals surface area contributed by atoms with E-state index < -0.39 is 0 Å². The van der Waals surface area contributed by atoms with Crippen molar-refractivity contribution in [3.05, 3.63) is 78.5 Å². The van der Waals surface area contributed by atoms with Crippen LogP contribution in [0.4, 0.5) is 11.5 Å². The molecule has 0 bridgehead atoms. The molecular weight excluding hydrogens is 326 g/mol. The first-order chi connectivity index (χ1) is 12.2. The van der Waals surface area contributed by atoms with Crippen LogP contribution < -0.4 is 5.32 Å². The molecule has 4 aromatic rings. The van der Waals surface area contributed by atoms with Gasteiger partial charge in [0, 0.05) is 22.3 Å². The largest absolute Gasteiger partial charge is 0.339 e. The summed E-state index contributed by atoms with van der Waals surface area (Å²) in [5.74, 6) is 0.983. The Labute approximate surface area is 151 Å². The van der Waals surface area contributed by atoms with Crippen LogP contribution in [0.3, 0.4) is 0 Å². The van der Waals surface area contributed by atoms with E-state index in [0.29, 0.717) is 0 Å². The van der Waals surface area contributed by atoms with Gasteiger partial charge in [0.25, 0.3) is 0 Å². The number of nitrogens with zero attached hydrogens (tertiary/aromatic N) is 2. The Hall–Kier alpha value is -2.72. The second-order valence-corrected chi connectivity index (χ2v) is 6.84. The number of hydrogen-bond donors (Lipinski definition) is 1. The molecule has 0 unspecified atom stereocenters. The summed E-state index contributed by atoms with van der Waals surface area (Å²) in [6.45, 7) is 2.09. The van der Waals surface area contributed by atoms with E-state index in [-0.39, 0.29) is 0 Å². The van der Waals surface area contributed by atoms with Crippen molar-refractivity contribution in [2.24, 2.45) is 0 Å². The van der Waals surface area contributed by atoms with Crippen molar-refractivity contribution in [3.8, 4) is 11.3 Å². The molecule has 0 atom stereocenters. The van der Waals surface area contributed by atoms with E-state index in [4.69, 9.17) is 4.98 Å². The molecule has 0 aliphatic carbocycles. The van der Waals surface area contributed by atoms with Gasteiger partial charge in [-0.05, 0) is 49.6 Å². The Kier molecular flexibility index (Phi) is 4.20. The molecule has 0 spiro atoms. The summed E-state index contributed by atoms with van der Waals surface area (Å²) in [7, 11) is 0. The van der Waals surface area contributed by atoms with Gasteiger partial charge < -0.3 is 5.32 Å². The number of nitrogens with one attached hydrogen (secondary N) is 1. The Morgan fingerprint density at radius 1 is 0.920 bits per heavy atom. The van der Waals surface area contributed by atoms with Crippen molar-refractivity contribution < 1.29 is 0 Å². The van der Waals surface area contributed by atoms with Crippen LogP contribution >= 0.6 is 11.8 Å². The molecule has 0 aliphatic rings. The Morgan fingerprint density at radius 3 is 2.40 bits per heavy atom. The van der Waals surface area contributed by atoms with E-state index >= 15 is 0 Å². The number of rotatable bonds is 4. The van der Waals surface area contributed by atoms with Crippen molar-refractivity contribution in [2.45, 2.75) is 11.8 Å².